The number of ether oxygens (including phenoxy) is 3. The van der Waals surface area contributed by atoms with Crippen LogP contribution in [0, 0.1) is 4.77 Å². The van der Waals surface area contributed by atoms with E-state index in [0.29, 0.717) is 28.7 Å². The van der Waals surface area contributed by atoms with E-state index in [1.54, 1.807) is 25.1 Å². The average Bonchev–Trinajstić information content (AvgIpc) is 3.07. The van der Waals surface area contributed by atoms with Crippen molar-refractivity contribution in [2.24, 2.45) is 5.10 Å². The first-order valence-corrected chi connectivity index (χ1v) is 8.74. The molecule has 140 valence electrons. The number of hydrogen-bond donors (Lipinski definition) is 1. The van der Waals surface area contributed by atoms with Gasteiger partial charge in [-0.3, -0.25) is 0 Å². The van der Waals surface area contributed by atoms with Crippen molar-refractivity contribution in [3.63, 3.8) is 0 Å². The lowest BCUT2D eigenvalue weighted by molar-refractivity contribution is 0.340. The Bertz CT molecular complexity index is 993. The van der Waals surface area contributed by atoms with Gasteiger partial charge in [-0.15, -0.1) is 0 Å². The number of rotatable bonds is 7. The molecule has 0 saturated carbocycles. The Morgan fingerprint density at radius 2 is 1.93 bits per heavy atom. The zero-order valence-electron chi connectivity index (χ0n) is 15.3. The van der Waals surface area contributed by atoms with Crippen LogP contribution in [0.15, 0.2) is 47.6 Å². The van der Waals surface area contributed by atoms with E-state index in [2.05, 4.69) is 15.3 Å². The van der Waals surface area contributed by atoms with Crippen molar-refractivity contribution < 1.29 is 14.2 Å². The highest BCUT2D eigenvalue weighted by Crippen LogP contribution is 2.29. The van der Waals surface area contributed by atoms with Crippen LogP contribution >= 0.6 is 12.2 Å². The number of nitrogens with one attached hydrogen (secondary N) is 1. The van der Waals surface area contributed by atoms with Gasteiger partial charge in [-0.2, -0.15) is 14.9 Å². The van der Waals surface area contributed by atoms with Crippen molar-refractivity contribution >= 4 is 18.4 Å². The molecule has 1 heterocycles. The molecule has 0 bridgehead atoms. The van der Waals surface area contributed by atoms with E-state index in [-0.39, 0.29) is 0 Å². The zero-order valence-corrected chi connectivity index (χ0v) is 16.1. The molecule has 2 aromatic carbocycles. The molecule has 7 nitrogen and oxygen atoms in total. The summed E-state index contributed by atoms with van der Waals surface area (Å²) in [6, 6.07) is 13.2. The first kappa shape index (κ1) is 18.7. The molecule has 0 atom stereocenters. The fourth-order valence-corrected chi connectivity index (χ4v) is 2.77. The number of methoxy groups -OCH3 is 2. The van der Waals surface area contributed by atoms with Gasteiger partial charge in [-0.25, -0.2) is 5.10 Å². The lowest BCUT2D eigenvalue weighted by atomic mass is 10.2. The van der Waals surface area contributed by atoms with Crippen LogP contribution in [0.3, 0.4) is 0 Å². The first-order chi connectivity index (χ1) is 13.2. The predicted octanol–water partition coefficient (Wildman–Crippen LogP) is 3.91. The van der Waals surface area contributed by atoms with Crippen LogP contribution in [0.25, 0.3) is 11.4 Å². The molecule has 0 aliphatic carbocycles. The summed E-state index contributed by atoms with van der Waals surface area (Å²) >= 11 is 5.32. The molecule has 3 rings (SSSR count). The smallest absolute Gasteiger partial charge is 0.216 e. The number of aromatic amines is 1. The second-order valence-electron chi connectivity index (χ2n) is 5.45. The maximum absolute atomic E-state index is 5.47. The highest BCUT2D eigenvalue weighted by atomic mass is 32.1. The van der Waals surface area contributed by atoms with E-state index in [4.69, 9.17) is 26.4 Å². The van der Waals surface area contributed by atoms with Gasteiger partial charge in [-0.05, 0) is 55.5 Å². The van der Waals surface area contributed by atoms with E-state index in [0.717, 1.165) is 16.9 Å². The molecule has 8 heteroatoms. The quantitative estimate of drug-likeness (QED) is 0.494. The van der Waals surface area contributed by atoms with E-state index in [1.165, 1.54) is 0 Å². The highest BCUT2D eigenvalue weighted by Gasteiger charge is 2.10. The Morgan fingerprint density at radius 3 is 2.59 bits per heavy atom. The summed E-state index contributed by atoms with van der Waals surface area (Å²) < 4.78 is 18.2. The van der Waals surface area contributed by atoms with Crippen LogP contribution in [-0.4, -0.2) is 41.9 Å². The van der Waals surface area contributed by atoms with Crippen molar-refractivity contribution in [3.8, 4) is 28.6 Å². The molecule has 0 fully saturated rings. The minimum atomic E-state index is 0.386. The first-order valence-electron chi connectivity index (χ1n) is 8.34. The van der Waals surface area contributed by atoms with Gasteiger partial charge in [-0.1, -0.05) is 6.07 Å². The van der Waals surface area contributed by atoms with Gasteiger partial charge in [0.05, 0.1) is 27.0 Å². The fraction of sp³-hybridized carbons (Fsp3) is 0.211. The molecule has 0 saturated heterocycles. The van der Waals surface area contributed by atoms with E-state index < -0.39 is 0 Å². The van der Waals surface area contributed by atoms with Crippen molar-refractivity contribution in [1.29, 1.82) is 0 Å². The third-order valence-electron chi connectivity index (χ3n) is 3.82. The molecule has 0 radical (unpaired) electrons. The number of para-hydroxylation sites is 1. The van der Waals surface area contributed by atoms with Gasteiger partial charge >= 0.3 is 0 Å². The summed E-state index contributed by atoms with van der Waals surface area (Å²) in [4.78, 5) is 0. The fourth-order valence-electron chi connectivity index (χ4n) is 2.59. The number of hydrogen-bond acceptors (Lipinski definition) is 6. The molecule has 0 unspecified atom stereocenters. The molecule has 0 spiro atoms. The van der Waals surface area contributed by atoms with Gasteiger partial charge in [0.2, 0.25) is 4.77 Å². The second-order valence-corrected chi connectivity index (χ2v) is 5.84. The summed E-state index contributed by atoms with van der Waals surface area (Å²) in [5, 5.41) is 11.5. The summed E-state index contributed by atoms with van der Waals surface area (Å²) in [6.45, 7) is 2.56. The minimum Gasteiger partial charge on any atom is -0.494 e. The topological polar surface area (TPSA) is 73.7 Å². The molecule has 1 aromatic heterocycles. The molecular weight excluding hydrogens is 364 g/mol. The molecule has 1 N–H and O–H groups in total. The zero-order chi connectivity index (χ0) is 19.2. The van der Waals surface area contributed by atoms with Crippen LogP contribution < -0.4 is 14.2 Å². The van der Waals surface area contributed by atoms with Gasteiger partial charge in [0.1, 0.15) is 5.75 Å². The number of aromatic nitrogens is 3. The Hall–Kier alpha value is -3.13. The van der Waals surface area contributed by atoms with Gasteiger partial charge in [0.25, 0.3) is 0 Å². The number of H-pyrrole nitrogens is 1. The molecular formula is C19H20N4O3S. The summed E-state index contributed by atoms with van der Waals surface area (Å²) in [5.41, 5.74) is 1.62. The minimum absolute atomic E-state index is 0.386. The Kier molecular flexibility index (Phi) is 5.87. The van der Waals surface area contributed by atoms with Crippen molar-refractivity contribution in [2.45, 2.75) is 6.92 Å². The number of benzene rings is 2. The number of nitrogens with zero attached hydrogens (tertiary/aromatic N) is 3. The SMILES string of the molecule is CCOc1ccc(-c2n[nH]c(=S)n2/N=C/c2cccc(OC)c2OC)cc1. The van der Waals surface area contributed by atoms with Crippen molar-refractivity contribution in [2.75, 3.05) is 20.8 Å². The normalized spacial score (nSPS) is 10.9. The maximum Gasteiger partial charge on any atom is 0.216 e. The van der Waals surface area contributed by atoms with Gasteiger partial charge in [0.15, 0.2) is 17.3 Å². The largest absolute Gasteiger partial charge is 0.494 e. The van der Waals surface area contributed by atoms with Crippen molar-refractivity contribution in [3.05, 3.63) is 52.8 Å². The molecule has 0 aliphatic heterocycles. The highest BCUT2D eigenvalue weighted by molar-refractivity contribution is 7.71. The lowest BCUT2D eigenvalue weighted by Crippen LogP contribution is -1.98. The molecule has 27 heavy (non-hydrogen) atoms. The Balaban J connectivity index is 1.96. The Labute approximate surface area is 162 Å². The lowest BCUT2D eigenvalue weighted by Gasteiger charge is -2.09. The summed E-state index contributed by atoms with van der Waals surface area (Å²) in [7, 11) is 3.18. The van der Waals surface area contributed by atoms with E-state index in [9.17, 15) is 0 Å². The monoisotopic (exact) mass is 384 g/mol. The maximum atomic E-state index is 5.47. The average molecular weight is 384 g/mol. The molecule has 0 aliphatic rings. The van der Waals surface area contributed by atoms with Crippen LogP contribution in [-0.2, 0) is 0 Å². The van der Waals surface area contributed by atoms with Crippen molar-refractivity contribution in [1.82, 2.24) is 14.9 Å². The van der Waals surface area contributed by atoms with E-state index >= 15 is 0 Å². The standard InChI is InChI=1S/C19H20N4O3S/c1-4-26-15-10-8-13(9-11-15)18-21-22-19(27)23(18)20-12-14-6-5-7-16(24-2)17(14)25-3/h5-12H,4H2,1-3H3,(H,22,27)/b20-12+. The Morgan fingerprint density at radius 1 is 1.15 bits per heavy atom. The second kappa shape index (κ2) is 8.50. The van der Waals surface area contributed by atoms with Crippen LogP contribution in [0.4, 0.5) is 0 Å². The summed E-state index contributed by atoms with van der Waals surface area (Å²) in [6.07, 6.45) is 1.66. The van der Waals surface area contributed by atoms with Gasteiger partial charge < -0.3 is 14.2 Å². The van der Waals surface area contributed by atoms with Crippen LogP contribution in [0.1, 0.15) is 12.5 Å². The van der Waals surface area contributed by atoms with Crippen LogP contribution in [0.5, 0.6) is 17.2 Å². The van der Waals surface area contributed by atoms with Gasteiger partial charge in [0, 0.05) is 11.1 Å². The molecule has 3 aromatic rings. The summed E-state index contributed by atoms with van der Waals surface area (Å²) in [5.74, 6) is 2.62. The third kappa shape index (κ3) is 4.01. The molecule has 0 amide bonds. The third-order valence-corrected chi connectivity index (χ3v) is 4.08. The van der Waals surface area contributed by atoms with E-state index in [1.807, 2.05) is 49.4 Å². The van der Waals surface area contributed by atoms with Crippen LogP contribution in [0.2, 0.25) is 0 Å². The predicted molar refractivity (Wildman–Crippen MR) is 107 cm³/mol.